The maximum absolute atomic E-state index is 13.0. The quantitative estimate of drug-likeness (QED) is 0.620. The summed E-state index contributed by atoms with van der Waals surface area (Å²) in [6, 6.07) is 15.3. The minimum absolute atomic E-state index is 0.0964. The van der Waals surface area contributed by atoms with Crippen molar-refractivity contribution in [1.29, 1.82) is 5.26 Å². The zero-order valence-electron chi connectivity index (χ0n) is 17.2. The van der Waals surface area contributed by atoms with Crippen LogP contribution in [0.1, 0.15) is 37.8 Å². The molecule has 3 aromatic rings. The Morgan fingerprint density at radius 3 is 2.80 bits per heavy atom. The molecule has 6 heteroatoms. The van der Waals surface area contributed by atoms with E-state index in [9.17, 15) is 10.1 Å². The number of hydrogen-bond acceptors (Lipinski definition) is 4. The summed E-state index contributed by atoms with van der Waals surface area (Å²) in [4.78, 5) is 18.9. The van der Waals surface area contributed by atoms with Crippen LogP contribution in [0.2, 0.25) is 0 Å². The number of carbonyl (C=O) groups excluding carboxylic acids is 1. The van der Waals surface area contributed by atoms with Gasteiger partial charge in [-0.2, -0.15) is 5.26 Å². The number of amides is 1. The number of carbonyl (C=O) groups is 1. The molecule has 1 saturated heterocycles. The molecule has 1 aromatic heterocycles. The first-order valence-electron chi connectivity index (χ1n) is 10.1. The highest BCUT2D eigenvalue weighted by molar-refractivity contribution is 5.99. The van der Waals surface area contributed by atoms with Crippen LogP contribution in [0.3, 0.4) is 0 Å². The summed E-state index contributed by atoms with van der Waals surface area (Å²) in [5, 5.41) is 9.56. The zero-order valence-corrected chi connectivity index (χ0v) is 17.2. The van der Waals surface area contributed by atoms with Gasteiger partial charge in [0.1, 0.15) is 11.8 Å². The number of benzene rings is 2. The number of piperidine rings is 1. The molecule has 6 nitrogen and oxygen atoms in total. The van der Waals surface area contributed by atoms with E-state index in [0.29, 0.717) is 30.2 Å². The molecule has 0 N–H and O–H groups in total. The van der Waals surface area contributed by atoms with Crippen LogP contribution in [0.5, 0.6) is 11.5 Å². The average Bonchev–Trinajstić information content (AvgIpc) is 3.24. The zero-order chi connectivity index (χ0) is 21.1. The molecule has 0 unspecified atom stereocenters. The Balaban J connectivity index is 1.67. The third kappa shape index (κ3) is 3.92. The van der Waals surface area contributed by atoms with E-state index in [1.54, 1.807) is 23.5 Å². The maximum Gasteiger partial charge on any atom is 0.232 e. The number of para-hydroxylation sites is 2. The van der Waals surface area contributed by atoms with Gasteiger partial charge in [-0.05, 0) is 42.7 Å². The lowest BCUT2D eigenvalue weighted by atomic mass is 9.83. The number of anilines is 1. The highest BCUT2D eigenvalue weighted by Gasteiger charge is 2.37. The monoisotopic (exact) mass is 400 g/mol. The predicted octanol–water partition coefficient (Wildman–Crippen LogP) is 4.75. The van der Waals surface area contributed by atoms with Crippen LogP contribution in [-0.2, 0) is 11.3 Å². The van der Waals surface area contributed by atoms with E-state index >= 15 is 0 Å². The standard InChI is InChI=1S/C24H24N4O2/c1-24(2)10-5-12-28(23(24)29)20-6-3-4-7-21(20)30-22-14-18(8-9-19(22)15-25)16-27-13-11-26-17-27/h3-4,6-9,11,13-14,17H,5,10,12,16H2,1-2H3. The third-order valence-electron chi connectivity index (χ3n) is 5.47. The second-order valence-electron chi connectivity index (χ2n) is 8.19. The largest absolute Gasteiger partial charge is 0.454 e. The van der Waals surface area contributed by atoms with Crippen LogP contribution in [0.4, 0.5) is 5.69 Å². The van der Waals surface area contributed by atoms with Crippen molar-refractivity contribution in [3.05, 3.63) is 72.3 Å². The number of aromatic nitrogens is 2. The fourth-order valence-electron chi connectivity index (χ4n) is 3.80. The van der Waals surface area contributed by atoms with E-state index in [4.69, 9.17) is 4.74 Å². The van der Waals surface area contributed by atoms with E-state index in [1.165, 1.54) is 0 Å². The van der Waals surface area contributed by atoms with E-state index in [1.807, 2.05) is 61.0 Å². The molecule has 1 amide bonds. The second kappa shape index (κ2) is 8.03. The minimum atomic E-state index is -0.395. The Morgan fingerprint density at radius 2 is 2.03 bits per heavy atom. The van der Waals surface area contributed by atoms with E-state index in [2.05, 4.69) is 11.1 Å². The van der Waals surface area contributed by atoms with E-state index < -0.39 is 5.41 Å². The smallest absolute Gasteiger partial charge is 0.232 e. The van der Waals surface area contributed by atoms with Crippen molar-refractivity contribution in [1.82, 2.24) is 9.55 Å². The van der Waals surface area contributed by atoms with Crippen LogP contribution < -0.4 is 9.64 Å². The van der Waals surface area contributed by atoms with E-state index in [0.717, 1.165) is 24.1 Å². The van der Waals surface area contributed by atoms with Crippen LogP contribution in [0.25, 0.3) is 0 Å². The normalized spacial score (nSPS) is 15.6. The summed E-state index contributed by atoms with van der Waals surface area (Å²) in [6.07, 6.45) is 7.18. The van der Waals surface area contributed by atoms with Gasteiger partial charge in [0.25, 0.3) is 0 Å². The summed E-state index contributed by atoms with van der Waals surface area (Å²) in [5.41, 5.74) is 1.78. The summed E-state index contributed by atoms with van der Waals surface area (Å²) in [5.74, 6) is 1.14. The van der Waals surface area contributed by atoms with Crippen molar-refractivity contribution >= 4 is 11.6 Å². The highest BCUT2D eigenvalue weighted by atomic mass is 16.5. The van der Waals surface area contributed by atoms with Crippen LogP contribution in [0.15, 0.2) is 61.2 Å². The number of ether oxygens (including phenoxy) is 1. The molecule has 4 rings (SSSR count). The third-order valence-corrected chi connectivity index (χ3v) is 5.47. The highest BCUT2D eigenvalue weighted by Crippen LogP contribution is 2.39. The minimum Gasteiger partial charge on any atom is -0.454 e. The lowest BCUT2D eigenvalue weighted by Crippen LogP contribution is -2.46. The van der Waals surface area contributed by atoms with Gasteiger partial charge < -0.3 is 14.2 Å². The van der Waals surface area contributed by atoms with Gasteiger partial charge in [-0.15, -0.1) is 0 Å². The molecule has 1 aliphatic heterocycles. The van der Waals surface area contributed by atoms with Crippen LogP contribution >= 0.6 is 0 Å². The fraction of sp³-hybridized carbons (Fsp3) is 0.292. The van der Waals surface area contributed by atoms with Gasteiger partial charge in [-0.25, -0.2) is 4.98 Å². The molecule has 0 radical (unpaired) electrons. The second-order valence-corrected chi connectivity index (χ2v) is 8.19. The predicted molar refractivity (Wildman–Crippen MR) is 114 cm³/mol. The molecular weight excluding hydrogens is 376 g/mol. The molecule has 0 bridgehead atoms. The molecule has 2 aromatic carbocycles. The van der Waals surface area contributed by atoms with Crippen molar-refractivity contribution in [2.45, 2.75) is 33.2 Å². The molecule has 152 valence electrons. The molecule has 2 heterocycles. The van der Waals surface area contributed by atoms with Gasteiger partial charge in [0.2, 0.25) is 5.91 Å². The number of hydrogen-bond donors (Lipinski definition) is 0. The fourth-order valence-corrected chi connectivity index (χ4v) is 3.80. The Hall–Kier alpha value is -3.59. The van der Waals surface area contributed by atoms with Crippen molar-refractivity contribution in [2.75, 3.05) is 11.4 Å². The molecule has 1 fully saturated rings. The number of nitriles is 1. The van der Waals surface area contributed by atoms with Crippen LogP contribution in [-0.4, -0.2) is 22.0 Å². The molecule has 0 aliphatic carbocycles. The lowest BCUT2D eigenvalue weighted by Gasteiger charge is -2.37. The Kier molecular flexibility index (Phi) is 5.28. The summed E-state index contributed by atoms with van der Waals surface area (Å²) in [6.45, 7) is 5.26. The maximum atomic E-state index is 13.0. The molecule has 0 atom stereocenters. The van der Waals surface area contributed by atoms with Crippen LogP contribution in [0, 0.1) is 16.7 Å². The summed E-state index contributed by atoms with van der Waals surface area (Å²) in [7, 11) is 0. The van der Waals surface area contributed by atoms with Gasteiger partial charge in [0, 0.05) is 30.9 Å². The number of nitrogens with zero attached hydrogens (tertiary/aromatic N) is 4. The molecule has 1 aliphatic rings. The van der Waals surface area contributed by atoms with Gasteiger partial charge in [0.05, 0.1) is 17.6 Å². The molecular formula is C24H24N4O2. The Bertz CT molecular complexity index is 1100. The van der Waals surface area contributed by atoms with Crippen molar-refractivity contribution < 1.29 is 9.53 Å². The van der Waals surface area contributed by atoms with Gasteiger partial charge in [0.15, 0.2) is 5.75 Å². The number of rotatable bonds is 5. The summed E-state index contributed by atoms with van der Waals surface area (Å²) >= 11 is 0. The molecule has 30 heavy (non-hydrogen) atoms. The Morgan fingerprint density at radius 1 is 1.20 bits per heavy atom. The number of imidazole rings is 1. The van der Waals surface area contributed by atoms with Crippen molar-refractivity contribution in [3.63, 3.8) is 0 Å². The first kappa shape index (κ1) is 19.7. The molecule has 0 spiro atoms. The van der Waals surface area contributed by atoms with Crippen molar-refractivity contribution in [3.8, 4) is 17.6 Å². The topological polar surface area (TPSA) is 71.2 Å². The van der Waals surface area contributed by atoms with Gasteiger partial charge in [-0.1, -0.05) is 32.0 Å². The molecule has 0 saturated carbocycles. The average molecular weight is 400 g/mol. The SMILES string of the molecule is CC1(C)CCCN(c2ccccc2Oc2cc(Cn3ccnc3)ccc2C#N)C1=O. The van der Waals surface area contributed by atoms with E-state index in [-0.39, 0.29) is 5.91 Å². The first-order chi connectivity index (χ1) is 14.5. The summed E-state index contributed by atoms with van der Waals surface area (Å²) < 4.78 is 8.17. The van der Waals surface area contributed by atoms with Gasteiger partial charge >= 0.3 is 0 Å². The van der Waals surface area contributed by atoms with Gasteiger partial charge in [-0.3, -0.25) is 4.79 Å². The Labute approximate surface area is 176 Å². The van der Waals surface area contributed by atoms with Crippen molar-refractivity contribution in [2.24, 2.45) is 5.41 Å². The first-order valence-corrected chi connectivity index (χ1v) is 10.1. The lowest BCUT2D eigenvalue weighted by molar-refractivity contribution is -0.128.